The first-order valence-corrected chi connectivity index (χ1v) is 4.78. The number of rotatable bonds is 2. The molecule has 1 N–H and O–H groups in total. The highest BCUT2D eigenvalue weighted by Gasteiger charge is 2.44. The normalized spacial score (nSPS) is 17.7. The zero-order valence-corrected chi connectivity index (χ0v) is 8.06. The Bertz CT molecular complexity index is 399. The SMILES string of the molecule is [C-]#[N+]C1(Nc2c(F)cccc2F)CCC1. The molecule has 0 saturated heterocycles. The number of nitrogens with zero attached hydrogens (tertiary/aromatic N) is 1. The third-order valence-electron chi connectivity index (χ3n) is 2.72. The van der Waals surface area contributed by atoms with Crippen molar-refractivity contribution in [3.8, 4) is 0 Å². The lowest BCUT2D eigenvalue weighted by Gasteiger charge is -2.31. The molecule has 0 bridgehead atoms. The van der Waals surface area contributed by atoms with Crippen LogP contribution in [0.25, 0.3) is 4.85 Å². The zero-order chi connectivity index (χ0) is 10.9. The molecule has 0 unspecified atom stereocenters. The van der Waals surface area contributed by atoms with Gasteiger partial charge in [0, 0.05) is 12.8 Å². The van der Waals surface area contributed by atoms with Crippen LogP contribution in [0.2, 0.25) is 0 Å². The van der Waals surface area contributed by atoms with E-state index < -0.39 is 17.3 Å². The van der Waals surface area contributed by atoms with Crippen LogP contribution < -0.4 is 5.32 Å². The van der Waals surface area contributed by atoms with Gasteiger partial charge < -0.3 is 5.32 Å². The Labute approximate surface area is 86.7 Å². The zero-order valence-electron chi connectivity index (χ0n) is 8.06. The third-order valence-corrected chi connectivity index (χ3v) is 2.72. The molecule has 1 fully saturated rings. The molecule has 0 aromatic heterocycles. The first-order valence-electron chi connectivity index (χ1n) is 4.78. The molecule has 2 rings (SSSR count). The molecule has 0 atom stereocenters. The maximum Gasteiger partial charge on any atom is 0.305 e. The van der Waals surface area contributed by atoms with Crippen molar-refractivity contribution in [1.82, 2.24) is 0 Å². The summed E-state index contributed by atoms with van der Waals surface area (Å²) in [4.78, 5) is 3.41. The van der Waals surface area contributed by atoms with E-state index >= 15 is 0 Å². The highest BCUT2D eigenvalue weighted by atomic mass is 19.1. The second-order valence-electron chi connectivity index (χ2n) is 3.72. The molecule has 0 spiro atoms. The van der Waals surface area contributed by atoms with Gasteiger partial charge in [0.15, 0.2) is 0 Å². The smallest absolute Gasteiger partial charge is 0.305 e. The number of hydrogen-bond acceptors (Lipinski definition) is 1. The summed E-state index contributed by atoms with van der Waals surface area (Å²) in [6.45, 7) is 7.02. The quantitative estimate of drug-likeness (QED) is 0.738. The largest absolute Gasteiger partial charge is 0.309 e. The topological polar surface area (TPSA) is 16.4 Å². The molecule has 0 heterocycles. The minimum Gasteiger partial charge on any atom is -0.309 e. The monoisotopic (exact) mass is 208 g/mol. The Morgan fingerprint density at radius 1 is 1.27 bits per heavy atom. The number of para-hydroxylation sites is 1. The van der Waals surface area contributed by atoms with Crippen molar-refractivity contribution in [3.05, 3.63) is 41.3 Å². The van der Waals surface area contributed by atoms with Gasteiger partial charge in [0.2, 0.25) is 0 Å². The van der Waals surface area contributed by atoms with Crippen molar-refractivity contribution < 1.29 is 8.78 Å². The molecule has 0 aliphatic heterocycles. The van der Waals surface area contributed by atoms with Crippen LogP contribution in [-0.4, -0.2) is 5.66 Å². The van der Waals surface area contributed by atoms with Gasteiger partial charge in [-0.1, -0.05) is 6.07 Å². The van der Waals surface area contributed by atoms with E-state index in [1.807, 2.05) is 0 Å². The Morgan fingerprint density at radius 2 is 1.87 bits per heavy atom. The summed E-state index contributed by atoms with van der Waals surface area (Å²) >= 11 is 0. The minimum atomic E-state index is -0.789. The van der Waals surface area contributed by atoms with Crippen molar-refractivity contribution in [1.29, 1.82) is 0 Å². The van der Waals surface area contributed by atoms with Gasteiger partial charge in [-0.2, -0.15) is 0 Å². The lowest BCUT2D eigenvalue weighted by molar-refractivity contribution is 0.340. The number of hydrogen-bond donors (Lipinski definition) is 1. The first-order chi connectivity index (χ1) is 7.17. The van der Waals surface area contributed by atoms with Gasteiger partial charge in [0.05, 0.1) is 0 Å². The van der Waals surface area contributed by atoms with Gasteiger partial charge in [-0.3, -0.25) is 4.85 Å². The highest BCUT2D eigenvalue weighted by Crippen LogP contribution is 2.37. The van der Waals surface area contributed by atoms with Crippen LogP contribution in [0.5, 0.6) is 0 Å². The average Bonchev–Trinajstić information content (AvgIpc) is 2.15. The summed E-state index contributed by atoms with van der Waals surface area (Å²) in [6.07, 6.45) is 2.21. The summed E-state index contributed by atoms with van der Waals surface area (Å²) in [5.41, 5.74) is -0.976. The van der Waals surface area contributed by atoms with Gasteiger partial charge >= 0.3 is 5.66 Å². The fraction of sp³-hybridized carbons (Fsp3) is 0.364. The van der Waals surface area contributed by atoms with E-state index in [0.717, 1.165) is 6.42 Å². The second-order valence-corrected chi connectivity index (χ2v) is 3.72. The summed E-state index contributed by atoms with van der Waals surface area (Å²) in [5.74, 6) is -1.30. The number of nitrogens with one attached hydrogen (secondary N) is 1. The molecule has 2 nitrogen and oxygen atoms in total. The van der Waals surface area contributed by atoms with Gasteiger partial charge in [0.25, 0.3) is 0 Å². The van der Waals surface area contributed by atoms with Gasteiger partial charge in [-0.15, -0.1) is 0 Å². The lowest BCUT2D eigenvalue weighted by Crippen LogP contribution is -2.42. The minimum absolute atomic E-state index is 0.187. The van der Waals surface area contributed by atoms with Gasteiger partial charge in [-0.05, 0) is 18.6 Å². The standard InChI is InChI=1S/C11H10F2N2/c1-14-11(6-3-7-11)15-10-8(12)4-2-5-9(10)13/h2,4-5,15H,3,6-7H2. The molecule has 4 heteroatoms. The highest BCUT2D eigenvalue weighted by molar-refractivity contribution is 5.49. The summed E-state index contributed by atoms with van der Waals surface area (Å²) in [7, 11) is 0. The van der Waals surface area contributed by atoms with Crippen LogP contribution in [0.4, 0.5) is 14.5 Å². The average molecular weight is 208 g/mol. The first kappa shape index (κ1) is 9.91. The van der Waals surface area contributed by atoms with E-state index in [0.29, 0.717) is 12.8 Å². The molecule has 0 amide bonds. The molecule has 1 aromatic rings. The molecule has 1 saturated carbocycles. The van der Waals surface area contributed by atoms with Crippen LogP contribution in [0.3, 0.4) is 0 Å². The number of benzene rings is 1. The van der Waals surface area contributed by atoms with Crippen molar-refractivity contribution in [2.24, 2.45) is 0 Å². The Morgan fingerprint density at radius 3 is 2.27 bits per heavy atom. The fourth-order valence-electron chi connectivity index (χ4n) is 1.63. The third kappa shape index (κ3) is 1.65. The molecule has 1 aliphatic carbocycles. The van der Waals surface area contributed by atoms with Crippen LogP contribution >= 0.6 is 0 Å². The summed E-state index contributed by atoms with van der Waals surface area (Å²) in [5, 5.41) is 2.67. The molecule has 78 valence electrons. The van der Waals surface area contributed by atoms with Crippen LogP contribution in [0.15, 0.2) is 18.2 Å². The van der Waals surface area contributed by atoms with E-state index in [9.17, 15) is 8.78 Å². The molecule has 15 heavy (non-hydrogen) atoms. The molecular weight excluding hydrogens is 198 g/mol. The van der Waals surface area contributed by atoms with E-state index in [-0.39, 0.29) is 5.69 Å². The van der Waals surface area contributed by atoms with E-state index in [1.54, 1.807) is 0 Å². The van der Waals surface area contributed by atoms with Gasteiger partial charge in [-0.25, -0.2) is 15.4 Å². The lowest BCUT2D eigenvalue weighted by atomic mass is 9.85. The van der Waals surface area contributed by atoms with E-state index in [2.05, 4.69) is 10.2 Å². The molecule has 1 aliphatic rings. The van der Waals surface area contributed by atoms with E-state index in [4.69, 9.17) is 6.57 Å². The Balaban J connectivity index is 2.28. The fourth-order valence-corrected chi connectivity index (χ4v) is 1.63. The van der Waals surface area contributed by atoms with Gasteiger partial charge in [0.1, 0.15) is 17.3 Å². The number of halogens is 2. The maximum absolute atomic E-state index is 13.3. The van der Waals surface area contributed by atoms with Crippen molar-refractivity contribution >= 4 is 5.69 Å². The van der Waals surface area contributed by atoms with Crippen molar-refractivity contribution in [2.45, 2.75) is 24.9 Å². The van der Waals surface area contributed by atoms with Crippen molar-refractivity contribution in [3.63, 3.8) is 0 Å². The summed E-state index contributed by atoms with van der Waals surface area (Å²) in [6, 6.07) is 3.67. The van der Waals surface area contributed by atoms with Crippen LogP contribution in [0, 0.1) is 18.2 Å². The number of anilines is 1. The van der Waals surface area contributed by atoms with Crippen LogP contribution in [-0.2, 0) is 0 Å². The maximum atomic E-state index is 13.3. The summed E-state index contributed by atoms with van der Waals surface area (Å²) < 4.78 is 26.5. The Kier molecular flexibility index (Phi) is 2.31. The predicted octanol–water partition coefficient (Wildman–Crippen LogP) is 3.18. The second kappa shape index (κ2) is 3.50. The molecule has 0 radical (unpaired) electrons. The predicted molar refractivity (Wildman–Crippen MR) is 53.2 cm³/mol. The van der Waals surface area contributed by atoms with E-state index in [1.165, 1.54) is 18.2 Å². The molecular formula is C11H10F2N2. The van der Waals surface area contributed by atoms with Crippen molar-refractivity contribution in [2.75, 3.05) is 5.32 Å². The Hall–Kier alpha value is -1.63. The van der Waals surface area contributed by atoms with Crippen LogP contribution in [0.1, 0.15) is 19.3 Å². The molecule has 1 aromatic carbocycles.